The van der Waals surface area contributed by atoms with E-state index >= 15 is 0 Å². The Morgan fingerprint density at radius 2 is 1.69 bits per heavy atom. The minimum Gasteiger partial charge on any atom is -0.378 e. The predicted molar refractivity (Wildman–Crippen MR) is 110 cm³/mol. The molecule has 2 aromatic carbocycles. The number of nitrogens with one attached hydrogen (secondary N) is 1. The first kappa shape index (κ1) is 23.3. The molecule has 1 saturated heterocycles. The summed E-state index contributed by atoms with van der Waals surface area (Å²) >= 11 is 0. The molecule has 2 aromatic rings. The number of nitrogens with zero attached hydrogens (tertiary/aromatic N) is 2. The maximum atomic E-state index is 13.2. The van der Waals surface area contributed by atoms with E-state index in [4.69, 9.17) is 4.74 Å². The van der Waals surface area contributed by atoms with E-state index in [2.05, 4.69) is 0 Å². The zero-order chi connectivity index (χ0) is 23.1. The molecular weight excluding hydrogens is 427 g/mol. The maximum Gasteiger partial charge on any atom is 0.451 e. The molecule has 0 aromatic heterocycles. The Morgan fingerprint density at radius 3 is 2.34 bits per heavy atom. The summed E-state index contributed by atoms with van der Waals surface area (Å²) in [4.78, 5) is 39.6. The molecule has 0 unspecified atom stereocenters. The Kier molecular flexibility index (Phi) is 7.47. The maximum absolute atomic E-state index is 13.2. The highest BCUT2D eigenvalue weighted by Crippen LogP contribution is 2.20. The van der Waals surface area contributed by atoms with Crippen LogP contribution in [0.1, 0.15) is 15.9 Å². The van der Waals surface area contributed by atoms with Crippen LogP contribution >= 0.6 is 0 Å². The van der Waals surface area contributed by atoms with Crippen LogP contribution in [0, 0.1) is 0 Å². The van der Waals surface area contributed by atoms with Gasteiger partial charge in [-0.2, -0.15) is 13.2 Å². The fraction of sp³-hybridized carbons (Fsp3) is 0.318. The van der Waals surface area contributed by atoms with Crippen LogP contribution in [0.2, 0.25) is 0 Å². The highest BCUT2D eigenvalue weighted by Gasteiger charge is 2.38. The standard InChI is InChI=1S/C22H22F3N3O4/c23-22(24,25)19(29)14-26-20(30)17-6-4-5-16(13-17)15-28(18-7-2-1-3-8-18)21(31)27-9-11-32-12-10-27/h1-8,13H,9-12,14-15H2,(H,26,30). The average Bonchev–Trinajstić information content (AvgIpc) is 2.81. The van der Waals surface area contributed by atoms with Crippen LogP contribution < -0.4 is 10.2 Å². The lowest BCUT2D eigenvalue weighted by atomic mass is 10.1. The van der Waals surface area contributed by atoms with Crippen LogP contribution in [0.25, 0.3) is 0 Å². The Hall–Kier alpha value is -3.40. The molecule has 0 atom stereocenters. The number of carbonyl (C=O) groups is 3. The lowest BCUT2D eigenvalue weighted by molar-refractivity contribution is -0.169. The number of hydrogen-bond acceptors (Lipinski definition) is 4. The van der Waals surface area contributed by atoms with Crippen molar-refractivity contribution in [3.05, 3.63) is 65.7 Å². The van der Waals surface area contributed by atoms with Gasteiger partial charge in [0.2, 0.25) is 0 Å². The molecule has 0 bridgehead atoms. The molecule has 7 nitrogen and oxygen atoms in total. The molecule has 1 aliphatic heterocycles. The highest BCUT2D eigenvalue weighted by atomic mass is 19.4. The molecule has 0 saturated carbocycles. The number of halogens is 3. The van der Waals surface area contributed by atoms with Crippen molar-refractivity contribution >= 4 is 23.4 Å². The molecule has 1 aliphatic rings. The van der Waals surface area contributed by atoms with Crippen molar-refractivity contribution in [1.29, 1.82) is 0 Å². The summed E-state index contributed by atoms with van der Waals surface area (Å²) in [5, 5.41) is 1.98. The third kappa shape index (κ3) is 6.07. The number of anilines is 1. The molecule has 3 rings (SSSR count). The van der Waals surface area contributed by atoms with Gasteiger partial charge in [0, 0.05) is 24.3 Å². The molecule has 10 heteroatoms. The molecule has 32 heavy (non-hydrogen) atoms. The van der Waals surface area contributed by atoms with Gasteiger partial charge in [0.05, 0.1) is 26.3 Å². The number of rotatable bonds is 6. The third-order valence-electron chi connectivity index (χ3n) is 4.84. The van der Waals surface area contributed by atoms with Gasteiger partial charge in [-0.1, -0.05) is 30.3 Å². The zero-order valence-electron chi connectivity index (χ0n) is 17.1. The number of benzene rings is 2. The highest BCUT2D eigenvalue weighted by molar-refractivity contribution is 5.98. The summed E-state index contributed by atoms with van der Waals surface area (Å²) in [6.07, 6.45) is -5.01. The van der Waals surface area contributed by atoms with Gasteiger partial charge in [0.15, 0.2) is 0 Å². The van der Waals surface area contributed by atoms with E-state index in [0.29, 0.717) is 37.6 Å². The summed E-state index contributed by atoms with van der Waals surface area (Å²) in [6, 6.07) is 15.0. The van der Waals surface area contributed by atoms with Gasteiger partial charge in [0.1, 0.15) is 0 Å². The zero-order valence-corrected chi connectivity index (χ0v) is 17.1. The van der Waals surface area contributed by atoms with E-state index in [1.807, 2.05) is 11.4 Å². The Morgan fingerprint density at radius 1 is 1.00 bits per heavy atom. The number of para-hydroxylation sites is 1. The van der Waals surface area contributed by atoms with Gasteiger partial charge in [0.25, 0.3) is 11.7 Å². The van der Waals surface area contributed by atoms with Crippen molar-refractivity contribution in [2.24, 2.45) is 0 Å². The minimum absolute atomic E-state index is 0.0873. The predicted octanol–water partition coefficient (Wildman–Crippen LogP) is 3.01. The van der Waals surface area contributed by atoms with Crippen molar-refractivity contribution < 1.29 is 32.3 Å². The van der Waals surface area contributed by atoms with Crippen molar-refractivity contribution in [2.45, 2.75) is 12.7 Å². The number of carbonyl (C=O) groups excluding carboxylic acids is 3. The van der Waals surface area contributed by atoms with Crippen LogP contribution in [0.3, 0.4) is 0 Å². The lowest BCUT2D eigenvalue weighted by Crippen LogP contribution is -2.48. The Labute approximate surface area is 182 Å². The summed E-state index contributed by atoms with van der Waals surface area (Å²) < 4.78 is 42.4. The third-order valence-corrected chi connectivity index (χ3v) is 4.84. The molecule has 1 fully saturated rings. The molecule has 3 amide bonds. The molecule has 0 radical (unpaired) electrons. The Balaban J connectivity index is 1.76. The number of ketones is 1. The van der Waals surface area contributed by atoms with E-state index in [0.717, 1.165) is 0 Å². The fourth-order valence-corrected chi connectivity index (χ4v) is 3.16. The van der Waals surface area contributed by atoms with Gasteiger partial charge in [-0.15, -0.1) is 0 Å². The van der Waals surface area contributed by atoms with E-state index in [-0.39, 0.29) is 18.1 Å². The van der Waals surface area contributed by atoms with Gasteiger partial charge >= 0.3 is 12.2 Å². The molecule has 170 valence electrons. The number of amides is 3. The normalized spacial score (nSPS) is 14.0. The first-order valence-corrected chi connectivity index (χ1v) is 9.92. The van der Waals surface area contributed by atoms with Crippen LogP contribution in [0.5, 0.6) is 0 Å². The first-order chi connectivity index (χ1) is 15.3. The summed E-state index contributed by atoms with van der Waals surface area (Å²) in [6.45, 7) is 0.804. The summed E-state index contributed by atoms with van der Waals surface area (Å²) in [5.74, 6) is -2.84. The largest absolute Gasteiger partial charge is 0.451 e. The van der Waals surface area contributed by atoms with Crippen molar-refractivity contribution in [3.63, 3.8) is 0 Å². The number of urea groups is 1. The van der Waals surface area contributed by atoms with E-state index in [9.17, 15) is 27.6 Å². The lowest BCUT2D eigenvalue weighted by Gasteiger charge is -2.33. The topological polar surface area (TPSA) is 79.0 Å². The van der Waals surface area contributed by atoms with Crippen LogP contribution in [-0.4, -0.2) is 61.6 Å². The summed E-state index contributed by atoms with van der Waals surface area (Å²) in [7, 11) is 0. The van der Waals surface area contributed by atoms with Crippen LogP contribution in [0.4, 0.5) is 23.7 Å². The number of alkyl halides is 3. The van der Waals surface area contributed by atoms with Gasteiger partial charge in [-0.05, 0) is 29.8 Å². The molecule has 1 heterocycles. The van der Waals surface area contributed by atoms with E-state index in [1.165, 1.54) is 12.1 Å². The second-order valence-electron chi connectivity index (χ2n) is 7.11. The molecule has 0 aliphatic carbocycles. The second-order valence-corrected chi connectivity index (χ2v) is 7.11. The molecule has 0 spiro atoms. The number of ether oxygens (including phenoxy) is 1. The fourth-order valence-electron chi connectivity index (χ4n) is 3.16. The number of hydrogen-bond donors (Lipinski definition) is 1. The smallest absolute Gasteiger partial charge is 0.378 e. The van der Waals surface area contributed by atoms with Crippen LogP contribution in [0.15, 0.2) is 54.6 Å². The van der Waals surface area contributed by atoms with Crippen molar-refractivity contribution in [3.8, 4) is 0 Å². The van der Waals surface area contributed by atoms with Gasteiger partial charge < -0.3 is 15.0 Å². The number of Topliss-reactive ketones (excluding diaryl/α,β-unsaturated/α-hetero) is 1. The van der Waals surface area contributed by atoms with E-state index in [1.54, 1.807) is 46.2 Å². The van der Waals surface area contributed by atoms with E-state index < -0.39 is 24.4 Å². The summed E-state index contributed by atoms with van der Waals surface area (Å²) in [5.41, 5.74) is 1.35. The quantitative estimate of drug-likeness (QED) is 0.736. The average molecular weight is 449 g/mol. The first-order valence-electron chi connectivity index (χ1n) is 9.92. The van der Waals surface area contributed by atoms with Crippen molar-refractivity contribution in [2.75, 3.05) is 37.7 Å². The molecule has 1 N–H and O–H groups in total. The van der Waals surface area contributed by atoms with Crippen molar-refractivity contribution in [1.82, 2.24) is 10.2 Å². The van der Waals surface area contributed by atoms with Gasteiger partial charge in [-0.3, -0.25) is 14.5 Å². The Bertz CT molecular complexity index is 960. The molecular formula is C22H22F3N3O4. The van der Waals surface area contributed by atoms with Crippen LogP contribution in [-0.2, 0) is 16.1 Å². The monoisotopic (exact) mass is 449 g/mol. The SMILES string of the molecule is O=C(NCC(=O)C(F)(F)F)c1cccc(CN(C(=O)N2CCOCC2)c2ccccc2)c1. The second kappa shape index (κ2) is 10.3. The minimum atomic E-state index is -5.01. The van der Waals surface area contributed by atoms with Gasteiger partial charge in [-0.25, -0.2) is 4.79 Å². The number of morpholine rings is 1.